The second kappa shape index (κ2) is 9.15. The Balaban J connectivity index is 1.88. The molecule has 0 unspecified atom stereocenters. The van der Waals surface area contributed by atoms with Gasteiger partial charge in [-0.2, -0.15) is 0 Å². The number of carbonyl (C=O) groups excluding carboxylic acids is 1. The molecule has 1 saturated heterocycles. The molecule has 1 heterocycles. The molecule has 0 radical (unpaired) electrons. The van der Waals surface area contributed by atoms with Gasteiger partial charge in [-0.25, -0.2) is 0 Å². The Hall–Kier alpha value is -2.09. The highest BCUT2D eigenvalue weighted by molar-refractivity contribution is 9.10. The van der Waals surface area contributed by atoms with Crippen molar-refractivity contribution < 1.29 is 14.3 Å². The van der Waals surface area contributed by atoms with Crippen molar-refractivity contribution in [1.29, 1.82) is 0 Å². The first-order valence-corrected chi connectivity index (χ1v) is 10.5. The number of benzene rings is 2. The SMILES string of the molecule is CCN1C(=O)/C(=C/c2cc(Br)c(OCc3cccc(Cl)c3)c(OC)c2)N(C)C1=S. The van der Waals surface area contributed by atoms with Crippen molar-refractivity contribution in [3.8, 4) is 11.5 Å². The van der Waals surface area contributed by atoms with E-state index in [9.17, 15) is 4.79 Å². The van der Waals surface area contributed by atoms with Crippen molar-refractivity contribution in [2.24, 2.45) is 0 Å². The number of carbonyl (C=O) groups is 1. The average Bonchev–Trinajstić information content (AvgIpc) is 2.89. The first-order valence-electron chi connectivity index (χ1n) is 8.91. The molecule has 3 rings (SSSR count). The molecule has 0 atom stereocenters. The second-order valence-electron chi connectivity index (χ2n) is 6.37. The number of likely N-dealkylation sites (N-methyl/N-ethyl adjacent to an activating group) is 2. The minimum Gasteiger partial charge on any atom is -0.493 e. The Morgan fingerprint density at radius 3 is 2.66 bits per heavy atom. The molecule has 0 saturated carbocycles. The summed E-state index contributed by atoms with van der Waals surface area (Å²) in [7, 11) is 3.36. The topological polar surface area (TPSA) is 42.0 Å². The van der Waals surface area contributed by atoms with E-state index in [0.29, 0.717) is 45.0 Å². The highest BCUT2D eigenvalue weighted by Gasteiger charge is 2.34. The third-order valence-corrected chi connectivity index (χ3v) is 5.81. The van der Waals surface area contributed by atoms with Crippen LogP contribution in [0, 0.1) is 0 Å². The van der Waals surface area contributed by atoms with Gasteiger partial charge in [-0.1, -0.05) is 23.7 Å². The number of hydrogen-bond donors (Lipinski definition) is 0. The molecule has 152 valence electrons. The molecule has 1 aliphatic rings. The van der Waals surface area contributed by atoms with E-state index in [4.69, 9.17) is 33.3 Å². The van der Waals surface area contributed by atoms with Gasteiger partial charge in [-0.15, -0.1) is 0 Å². The van der Waals surface area contributed by atoms with Gasteiger partial charge in [0.15, 0.2) is 16.6 Å². The Morgan fingerprint density at radius 1 is 1.28 bits per heavy atom. The number of nitrogens with zero attached hydrogens (tertiary/aromatic N) is 2. The third kappa shape index (κ3) is 4.57. The van der Waals surface area contributed by atoms with Crippen molar-refractivity contribution in [1.82, 2.24) is 9.80 Å². The number of thiocarbonyl (C=S) groups is 1. The molecule has 5 nitrogen and oxygen atoms in total. The van der Waals surface area contributed by atoms with Crippen LogP contribution in [0.4, 0.5) is 0 Å². The van der Waals surface area contributed by atoms with Crippen LogP contribution in [0.1, 0.15) is 18.1 Å². The zero-order valence-electron chi connectivity index (χ0n) is 16.2. The number of halogens is 2. The molecule has 2 aromatic carbocycles. The highest BCUT2D eigenvalue weighted by atomic mass is 79.9. The molecule has 8 heteroatoms. The van der Waals surface area contributed by atoms with E-state index in [0.717, 1.165) is 11.1 Å². The number of ether oxygens (including phenoxy) is 2. The number of hydrogen-bond acceptors (Lipinski definition) is 4. The zero-order valence-corrected chi connectivity index (χ0v) is 19.4. The smallest absolute Gasteiger partial charge is 0.276 e. The van der Waals surface area contributed by atoms with Crippen molar-refractivity contribution in [2.75, 3.05) is 20.7 Å². The summed E-state index contributed by atoms with van der Waals surface area (Å²) < 4.78 is 12.2. The maximum Gasteiger partial charge on any atom is 0.276 e. The van der Waals surface area contributed by atoms with Crippen LogP contribution in [-0.2, 0) is 11.4 Å². The lowest BCUT2D eigenvalue weighted by molar-refractivity contribution is -0.122. The summed E-state index contributed by atoms with van der Waals surface area (Å²) in [6.07, 6.45) is 1.79. The summed E-state index contributed by atoms with van der Waals surface area (Å²) >= 11 is 14.9. The quantitative estimate of drug-likeness (QED) is 0.411. The van der Waals surface area contributed by atoms with Gasteiger partial charge in [0.05, 0.1) is 11.6 Å². The van der Waals surface area contributed by atoms with E-state index in [-0.39, 0.29) is 5.91 Å². The molecule has 1 fully saturated rings. The predicted molar refractivity (Wildman–Crippen MR) is 122 cm³/mol. The summed E-state index contributed by atoms with van der Waals surface area (Å²) in [5.74, 6) is 1.01. The molecular weight excluding hydrogens is 476 g/mol. The minimum absolute atomic E-state index is 0.114. The maximum absolute atomic E-state index is 12.6. The highest BCUT2D eigenvalue weighted by Crippen LogP contribution is 2.38. The van der Waals surface area contributed by atoms with Crippen LogP contribution in [0.3, 0.4) is 0 Å². The first kappa shape index (κ1) is 21.6. The van der Waals surface area contributed by atoms with Gasteiger partial charge in [0.25, 0.3) is 5.91 Å². The van der Waals surface area contributed by atoms with Gasteiger partial charge in [-0.3, -0.25) is 9.69 Å². The van der Waals surface area contributed by atoms with Gasteiger partial charge >= 0.3 is 0 Å². The molecule has 2 aromatic rings. The fourth-order valence-electron chi connectivity index (χ4n) is 2.99. The molecule has 1 aliphatic heterocycles. The van der Waals surface area contributed by atoms with Crippen molar-refractivity contribution in [3.05, 3.63) is 62.7 Å². The summed E-state index contributed by atoms with van der Waals surface area (Å²) in [5.41, 5.74) is 2.25. The lowest BCUT2D eigenvalue weighted by Gasteiger charge is -2.15. The zero-order chi connectivity index (χ0) is 21.1. The molecule has 0 N–H and O–H groups in total. The lowest BCUT2D eigenvalue weighted by Crippen LogP contribution is -2.30. The first-order chi connectivity index (χ1) is 13.8. The van der Waals surface area contributed by atoms with Crippen molar-refractivity contribution in [2.45, 2.75) is 13.5 Å². The van der Waals surface area contributed by atoms with Gasteiger partial charge in [-0.05, 0) is 76.5 Å². The van der Waals surface area contributed by atoms with Crippen molar-refractivity contribution >= 4 is 56.8 Å². The van der Waals surface area contributed by atoms with Gasteiger partial charge in [0.2, 0.25) is 0 Å². The molecule has 0 bridgehead atoms. The third-order valence-electron chi connectivity index (χ3n) is 4.49. The molecular formula is C21H20BrClN2O3S. The van der Waals surface area contributed by atoms with E-state index in [1.807, 2.05) is 43.3 Å². The van der Waals surface area contributed by atoms with Gasteiger partial charge in [0, 0.05) is 18.6 Å². The molecule has 1 amide bonds. The number of rotatable bonds is 6. The Bertz CT molecular complexity index is 996. The standard InChI is InChI=1S/C21H20BrClN2O3S/c1-4-25-20(26)17(24(2)21(25)29)10-14-9-16(22)19(18(11-14)27-3)28-12-13-6-5-7-15(23)8-13/h5-11H,4,12H2,1-3H3/b17-10-. The van der Waals surface area contributed by atoms with Crippen LogP contribution in [0.2, 0.25) is 5.02 Å². The van der Waals surface area contributed by atoms with Crippen LogP contribution < -0.4 is 9.47 Å². The van der Waals surface area contributed by atoms with Crippen LogP contribution >= 0.6 is 39.7 Å². The molecule has 0 aromatic heterocycles. The Kier molecular flexibility index (Phi) is 6.82. The molecule has 0 aliphatic carbocycles. The maximum atomic E-state index is 12.6. The summed E-state index contributed by atoms with van der Waals surface area (Å²) in [6, 6.07) is 11.2. The second-order valence-corrected chi connectivity index (χ2v) is 8.03. The summed E-state index contributed by atoms with van der Waals surface area (Å²) in [5, 5.41) is 1.15. The van der Waals surface area contributed by atoms with Crippen LogP contribution in [0.25, 0.3) is 6.08 Å². The number of methoxy groups -OCH3 is 1. The van der Waals surface area contributed by atoms with E-state index in [1.54, 1.807) is 30.0 Å². The monoisotopic (exact) mass is 494 g/mol. The predicted octanol–water partition coefficient (Wildman–Crippen LogP) is 5.11. The Morgan fingerprint density at radius 2 is 2.03 bits per heavy atom. The lowest BCUT2D eigenvalue weighted by atomic mass is 10.1. The van der Waals surface area contributed by atoms with E-state index in [1.165, 1.54) is 0 Å². The van der Waals surface area contributed by atoms with E-state index in [2.05, 4.69) is 15.9 Å². The molecule has 0 spiro atoms. The van der Waals surface area contributed by atoms with Crippen LogP contribution in [-0.4, -0.2) is 41.5 Å². The van der Waals surface area contributed by atoms with Crippen molar-refractivity contribution in [3.63, 3.8) is 0 Å². The van der Waals surface area contributed by atoms with Crippen LogP contribution in [0.15, 0.2) is 46.6 Å². The largest absolute Gasteiger partial charge is 0.493 e. The number of amides is 1. The summed E-state index contributed by atoms with van der Waals surface area (Å²) in [4.78, 5) is 15.9. The summed E-state index contributed by atoms with van der Waals surface area (Å²) in [6.45, 7) is 2.77. The van der Waals surface area contributed by atoms with Gasteiger partial charge in [0.1, 0.15) is 12.3 Å². The fraction of sp³-hybridized carbons (Fsp3) is 0.238. The van der Waals surface area contributed by atoms with Gasteiger partial charge < -0.3 is 14.4 Å². The van der Waals surface area contributed by atoms with E-state index >= 15 is 0 Å². The average molecular weight is 496 g/mol. The fourth-order valence-corrected chi connectivity index (χ4v) is 4.09. The van der Waals surface area contributed by atoms with E-state index < -0.39 is 0 Å². The Labute approximate surface area is 189 Å². The minimum atomic E-state index is -0.114. The molecule has 29 heavy (non-hydrogen) atoms. The normalized spacial score (nSPS) is 15.4. The van der Waals surface area contributed by atoms with Crippen LogP contribution in [0.5, 0.6) is 11.5 Å².